The van der Waals surface area contributed by atoms with Gasteiger partial charge in [0.1, 0.15) is 12.4 Å². The summed E-state index contributed by atoms with van der Waals surface area (Å²) in [5.41, 5.74) is 0.197. The van der Waals surface area contributed by atoms with Crippen LogP contribution in [0.2, 0.25) is 0 Å². The lowest BCUT2D eigenvalue weighted by Crippen LogP contribution is -2.30. The first kappa shape index (κ1) is 14.7. The SMILES string of the molecule is O=C1c2cc(S(=O)(=O)c3ccccc3)ccc2OC[C@H]1CO. The molecule has 0 radical (unpaired) electrons. The maximum Gasteiger partial charge on any atom is 0.206 e. The van der Waals surface area contributed by atoms with Crippen LogP contribution in [0.5, 0.6) is 5.75 Å². The third kappa shape index (κ3) is 2.40. The summed E-state index contributed by atoms with van der Waals surface area (Å²) in [4.78, 5) is 12.4. The van der Waals surface area contributed by atoms with Crippen LogP contribution in [0.4, 0.5) is 0 Å². The van der Waals surface area contributed by atoms with E-state index >= 15 is 0 Å². The molecule has 3 rings (SSSR count). The van der Waals surface area contributed by atoms with E-state index in [9.17, 15) is 18.3 Å². The summed E-state index contributed by atoms with van der Waals surface area (Å²) in [5, 5.41) is 9.18. The number of rotatable bonds is 3. The van der Waals surface area contributed by atoms with Crippen molar-refractivity contribution in [1.82, 2.24) is 0 Å². The van der Waals surface area contributed by atoms with E-state index in [1.54, 1.807) is 18.2 Å². The first-order valence-electron chi connectivity index (χ1n) is 6.76. The quantitative estimate of drug-likeness (QED) is 0.931. The van der Waals surface area contributed by atoms with Gasteiger partial charge in [0.15, 0.2) is 5.78 Å². The highest BCUT2D eigenvalue weighted by Gasteiger charge is 2.30. The molecule has 6 heteroatoms. The van der Waals surface area contributed by atoms with Crippen LogP contribution in [0.15, 0.2) is 58.3 Å². The van der Waals surface area contributed by atoms with E-state index in [0.717, 1.165) is 0 Å². The first-order valence-corrected chi connectivity index (χ1v) is 8.24. The molecular weight excluding hydrogens is 304 g/mol. The Hall–Kier alpha value is -2.18. The average molecular weight is 318 g/mol. The molecule has 22 heavy (non-hydrogen) atoms. The van der Waals surface area contributed by atoms with Crippen LogP contribution < -0.4 is 4.74 Å². The van der Waals surface area contributed by atoms with E-state index in [4.69, 9.17) is 4.74 Å². The summed E-state index contributed by atoms with van der Waals surface area (Å²) in [6, 6.07) is 12.2. The lowest BCUT2D eigenvalue weighted by atomic mass is 9.96. The minimum atomic E-state index is -3.69. The van der Waals surface area contributed by atoms with Crippen LogP contribution in [-0.4, -0.2) is 32.5 Å². The molecule has 0 saturated heterocycles. The Kier molecular flexibility index (Phi) is 3.72. The van der Waals surface area contributed by atoms with Gasteiger partial charge in [-0.1, -0.05) is 18.2 Å². The van der Waals surface area contributed by atoms with E-state index < -0.39 is 15.8 Å². The number of ether oxygens (including phenoxy) is 1. The molecule has 1 aliphatic heterocycles. The van der Waals surface area contributed by atoms with Crippen molar-refractivity contribution in [3.63, 3.8) is 0 Å². The predicted octanol–water partition coefficient (Wildman–Crippen LogP) is 1.70. The van der Waals surface area contributed by atoms with Crippen LogP contribution in [0.1, 0.15) is 10.4 Å². The number of aliphatic hydroxyl groups is 1. The highest BCUT2D eigenvalue weighted by molar-refractivity contribution is 7.91. The summed E-state index contributed by atoms with van der Waals surface area (Å²) in [6.07, 6.45) is 0. The van der Waals surface area contributed by atoms with Crippen molar-refractivity contribution in [3.8, 4) is 5.75 Å². The topological polar surface area (TPSA) is 80.7 Å². The molecule has 0 unspecified atom stereocenters. The monoisotopic (exact) mass is 318 g/mol. The van der Waals surface area contributed by atoms with Crippen molar-refractivity contribution in [1.29, 1.82) is 0 Å². The number of hydrogen-bond donors (Lipinski definition) is 1. The molecule has 1 aliphatic rings. The molecular formula is C16H14O5S. The molecule has 5 nitrogen and oxygen atoms in total. The number of sulfone groups is 1. The zero-order chi connectivity index (χ0) is 15.7. The molecule has 1 heterocycles. The smallest absolute Gasteiger partial charge is 0.206 e. The predicted molar refractivity (Wildman–Crippen MR) is 78.7 cm³/mol. The Labute approximate surface area is 128 Å². The highest BCUT2D eigenvalue weighted by Crippen LogP contribution is 2.31. The third-order valence-electron chi connectivity index (χ3n) is 3.61. The molecule has 0 aliphatic carbocycles. The van der Waals surface area contributed by atoms with Crippen LogP contribution >= 0.6 is 0 Å². The lowest BCUT2D eigenvalue weighted by Gasteiger charge is -2.23. The fraction of sp³-hybridized carbons (Fsp3) is 0.188. The highest BCUT2D eigenvalue weighted by atomic mass is 32.2. The Morgan fingerprint density at radius 1 is 1.09 bits per heavy atom. The number of carbonyl (C=O) groups is 1. The average Bonchev–Trinajstić information content (AvgIpc) is 2.56. The second-order valence-electron chi connectivity index (χ2n) is 5.03. The van der Waals surface area contributed by atoms with Crippen LogP contribution in [0.25, 0.3) is 0 Å². The van der Waals surface area contributed by atoms with Gasteiger partial charge in [-0.2, -0.15) is 0 Å². The van der Waals surface area contributed by atoms with Gasteiger partial charge in [-0.3, -0.25) is 4.79 Å². The fourth-order valence-corrected chi connectivity index (χ4v) is 3.66. The van der Waals surface area contributed by atoms with E-state index in [-0.39, 0.29) is 34.4 Å². The van der Waals surface area contributed by atoms with Crippen molar-refractivity contribution >= 4 is 15.6 Å². The van der Waals surface area contributed by atoms with Gasteiger partial charge in [-0.25, -0.2) is 8.42 Å². The summed E-state index contributed by atoms with van der Waals surface area (Å²) in [6.45, 7) is -0.221. The third-order valence-corrected chi connectivity index (χ3v) is 5.38. The molecule has 0 aromatic heterocycles. The van der Waals surface area contributed by atoms with Crippen molar-refractivity contribution < 1.29 is 23.1 Å². The van der Waals surface area contributed by atoms with Gasteiger partial charge in [0.05, 0.1) is 27.9 Å². The number of benzene rings is 2. The normalized spacial score (nSPS) is 17.7. The zero-order valence-electron chi connectivity index (χ0n) is 11.6. The summed E-state index contributed by atoms with van der Waals surface area (Å²) in [5.74, 6) is -0.599. The molecule has 1 N–H and O–H groups in total. The van der Waals surface area contributed by atoms with Gasteiger partial charge in [0.2, 0.25) is 9.84 Å². The minimum absolute atomic E-state index is 0.0352. The number of hydrogen-bond acceptors (Lipinski definition) is 5. The molecule has 0 saturated carbocycles. The lowest BCUT2D eigenvalue weighted by molar-refractivity contribution is 0.0737. The largest absolute Gasteiger partial charge is 0.492 e. The molecule has 1 atom stereocenters. The van der Waals surface area contributed by atoms with Gasteiger partial charge >= 0.3 is 0 Å². The van der Waals surface area contributed by atoms with E-state index in [2.05, 4.69) is 0 Å². The maximum atomic E-state index is 12.6. The second-order valence-corrected chi connectivity index (χ2v) is 6.98. The van der Waals surface area contributed by atoms with Crippen LogP contribution in [-0.2, 0) is 9.84 Å². The standard InChI is InChI=1S/C16H14O5S/c17-9-11-10-21-15-7-6-13(8-14(15)16(11)18)22(19,20)12-4-2-1-3-5-12/h1-8,11,17H,9-10H2/t11-/m1/s1. The minimum Gasteiger partial charge on any atom is -0.492 e. The Morgan fingerprint density at radius 3 is 2.50 bits per heavy atom. The molecule has 0 fully saturated rings. The summed E-state index contributed by atoms with van der Waals surface area (Å²) in [7, 11) is -3.69. The van der Waals surface area contributed by atoms with Crippen molar-refractivity contribution in [2.24, 2.45) is 5.92 Å². The molecule has 0 bridgehead atoms. The van der Waals surface area contributed by atoms with Gasteiger partial charge in [0, 0.05) is 0 Å². The number of carbonyl (C=O) groups excluding carboxylic acids is 1. The number of ketones is 1. The summed E-state index contributed by atoms with van der Waals surface area (Å²) >= 11 is 0. The van der Waals surface area contributed by atoms with E-state index in [1.165, 1.54) is 30.3 Å². The van der Waals surface area contributed by atoms with Crippen molar-refractivity contribution in [2.75, 3.05) is 13.2 Å². The zero-order valence-corrected chi connectivity index (χ0v) is 12.4. The second kappa shape index (κ2) is 5.55. The van der Waals surface area contributed by atoms with Gasteiger partial charge in [0.25, 0.3) is 0 Å². The Balaban J connectivity index is 2.08. The summed E-state index contributed by atoms with van der Waals surface area (Å²) < 4.78 is 30.5. The molecule has 0 spiro atoms. The Bertz CT molecular complexity index is 812. The number of Topliss-reactive ketones (excluding diaryl/α,β-unsaturated/α-hetero) is 1. The van der Waals surface area contributed by atoms with Gasteiger partial charge in [-0.15, -0.1) is 0 Å². The fourth-order valence-electron chi connectivity index (χ4n) is 2.35. The van der Waals surface area contributed by atoms with E-state index in [1.807, 2.05) is 0 Å². The first-order chi connectivity index (χ1) is 10.5. The molecule has 114 valence electrons. The van der Waals surface area contributed by atoms with Gasteiger partial charge in [-0.05, 0) is 30.3 Å². The molecule has 2 aromatic carbocycles. The molecule has 2 aromatic rings. The van der Waals surface area contributed by atoms with Crippen molar-refractivity contribution in [2.45, 2.75) is 9.79 Å². The maximum absolute atomic E-state index is 12.6. The molecule has 0 amide bonds. The van der Waals surface area contributed by atoms with Crippen molar-refractivity contribution in [3.05, 3.63) is 54.1 Å². The van der Waals surface area contributed by atoms with Gasteiger partial charge < -0.3 is 9.84 Å². The van der Waals surface area contributed by atoms with Crippen LogP contribution in [0.3, 0.4) is 0 Å². The Morgan fingerprint density at radius 2 is 1.82 bits per heavy atom. The van der Waals surface area contributed by atoms with Crippen LogP contribution in [0, 0.1) is 5.92 Å². The number of fused-ring (bicyclic) bond motifs is 1. The van der Waals surface area contributed by atoms with E-state index in [0.29, 0.717) is 5.75 Å². The number of aliphatic hydroxyl groups excluding tert-OH is 1.